The number of aromatic nitrogens is 1. The third kappa shape index (κ3) is 2.93. The minimum Gasteiger partial charge on any atom is -0.367 e. The fourth-order valence-electron chi connectivity index (χ4n) is 2.77. The normalized spacial score (nSPS) is 19.2. The zero-order chi connectivity index (χ0) is 12.8. The first-order valence-electron chi connectivity index (χ1n) is 6.87. The molecule has 4 N–H and O–H groups in total. The average Bonchev–Trinajstić information content (AvgIpc) is 2.79. The van der Waals surface area contributed by atoms with Gasteiger partial charge in [0.15, 0.2) is 0 Å². The van der Waals surface area contributed by atoms with Crippen LogP contribution in [0.2, 0.25) is 0 Å². The van der Waals surface area contributed by atoms with Gasteiger partial charge in [0.1, 0.15) is 0 Å². The van der Waals surface area contributed by atoms with Crippen LogP contribution in [0.3, 0.4) is 0 Å². The Labute approximate surface area is 108 Å². The number of carbonyl (C=O) groups excluding carboxylic acids is 1. The summed E-state index contributed by atoms with van der Waals surface area (Å²) in [5.41, 5.74) is 6.67. The van der Waals surface area contributed by atoms with Crippen molar-refractivity contribution in [1.29, 1.82) is 0 Å². The van der Waals surface area contributed by atoms with E-state index < -0.39 is 0 Å². The van der Waals surface area contributed by atoms with E-state index in [1.807, 2.05) is 18.5 Å². The smallest absolute Gasteiger partial charge is 0.227 e. The van der Waals surface area contributed by atoms with E-state index in [2.05, 4.69) is 10.3 Å². The van der Waals surface area contributed by atoms with Crippen LogP contribution in [0.1, 0.15) is 44.1 Å². The van der Waals surface area contributed by atoms with Crippen LogP contribution in [0.25, 0.3) is 0 Å². The molecule has 0 unspecified atom stereocenters. The highest BCUT2D eigenvalue weighted by Crippen LogP contribution is 2.34. The Morgan fingerprint density at radius 2 is 2.06 bits per heavy atom. The summed E-state index contributed by atoms with van der Waals surface area (Å²) in [7, 11) is 0. The van der Waals surface area contributed by atoms with Gasteiger partial charge in [0.2, 0.25) is 5.91 Å². The van der Waals surface area contributed by atoms with Crippen LogP contribution in [0, 0.1) is 5.41 Å². The monoisotopic (exact) mass is 249 g/mol. The molecule has 0 spiro atoms. The maximum absolute atomic E-state index is 12.4. The lowest BCUT2D eigenvalue weighted by Crippen LogP contribution is -2.45. The number of hydrogen-bond acceptors (Lipinski definition) is 2. The molecule has 0 saturated heterocycles. The van der Waals surface area contributed by atoms with Crippen LogP contribution in [0.4, 0.5) is 0 Å². The van der Waals surface area contributed by atoms with Crippen molar-refractivity contribution in [2.75, 3.05) is 6.54 Å². The maximum Gasteiger partial charge on any atom is 0.227 e. The summed E-state index contributed by atoms with van der Waals surface area (Å²) in [4.78, 5) is 15.4. The number of aromatic amines is 1. The summed E-state index contributed by atoms with van der Waals surface area (Å²) in [6.07, 6.45) is 10.3. The minimum atomic E-state index is -0.327. The predicted octanol–water partition coefficient (Wildman–Crippen LogP) is 1.93. The van der Waals surface area contributed by atoms with Crippen molar-refractivity contribution in [3.63, 3.8) is 0 Å². The molecule has 100 valence electrons. The molecule has 1 heterocycles. The maximum atomic E-state index is 12.4. The summed E-state index contributed by atoms with van der Waals surface area (Å²) in [5.74, 6) is 0.133. The van der Waals surface area contributed by atoms with Crippen LogP contribution in [0.5, 0.6) is 0 Å². The molecule has 1 saturated carbocycles. The summed E-state index contributed by atoms with van der Waals surface area (Å²) in [5, 5.41) is 3.04. The Kier molecular flexibility index (Phi) is 4.42. The highest BCUT2D eigenvalue weighted by atomic mass is 16.2. The van der Waals surface area contributed by atoms with Gasteiger partial charge in [0, 0.05) is 25.5 Å². The van der Waals surface area contributed by atoms with E-state index in [1.165, 1.54) is 12.8 Å². The first kappa shape index (κ1) is 13.1. The van der Waals surface area contributed by atoms with Crippen molar-refractivity contribution in [3.8, 4) is 0 Å². The molecule has 1 aromatic rings. The lowest BCUT2D eigenvalue weighted by atomic mass is 9.79. The fourth-order valence-corrected chi connectivity index (χ4v) is 2.77. The van der Waals surface area contributed by atoms with Crippen molar-refractivity contribution in [2.24, 2.45) is 11.1 Å². The molecule has 0 aromatic carbocycles. The Balaban J connectivity index is 1.95. The second-order valence-electron chi connectivity index (χ2n) is 5.30. The Hall–Kier alpha value is -1.29. The lowest BCUT2D eigenvalue weighted by molar-refractivity contribution is -0.131. The molecule has 1 aliphatic rings. The summed E-state index contributed by atoms with van der Waals surface area (Å²) < 4.78 is 0. The average molecular weight is 249 g/mol. The Morgan fingerprint density at radius 3 is 2.61 bits per heavy atom. The van der Waals surface area contributed by atoms with Gasteiger partial charge < -0.3 is 16.0 Å². The van der Waals surface area contributed by atoms with E-state index >= 15 is 0 Å². The van der Waals surface area contributed by atoms with Crippen molar-refractivity contribution in [2.45, 2.75) is 45.1 Å². The summed E-state index contributed by atoms with van der Waals surface area (Å²) in [6, 6.07) is 1.97. The molecule has 1 aliphatic carbocycles. The van der Waals surface area contributed by atoms with E-state index in [0.717, 1.165) is 31.2 Å². The fraction of sp³-hybridized carbons (Fsp3) is 0.643. The molecular formula is C14H23N3O. The third-order valence-corrected chi connectivity index (χ3v) is 4.05. The third-order valence-electron chi connectivity index (χ3n) is 4.05. The van der Waals surface area contributed by atoms with Gasteiger partial charge in [-0.05, 0) is 24.5 Å². The summed E-state index contributed by atoms with van der Waals surface area (Å²) >= 11 is 0. The molecule has 1 fully saturated rings. The first-order valence-corrected chi connectivity index (χ1v) is 6.87. The van der Waals surface area contributed by atoms with Gasteiger partial charge in [-0.25, -0.2) is 0 Å². The highest BCUT2D eigenvalue weighted by molar-refractivity contribution is 5.82. The first-order chi connectivity index (χ1) is 8.77. The number of carbonyl (C=O) groups is 1. The molecule has 4 nitrogen and oxygen atoms in total. The predicted molar refractivity (Wildman–Crippen MR) is 71.8 cm³/mol. The SMILES string of the molecule is NCC1(C(=O)NCc2cc[nH]c2)CCCCCC1. The molecule has 0 aliphatic heterocycles. The highest BCUT2D eigenvalue weighted by Gasteiger charge is 2.36. The number of rotatable bonds is 4. The van der Waals surface area contributed by atoms with Gasteiger partial charge >= 0.3 is 0 Å². The van der Waals surface area contributed by atoms with Gasteiger partial charge in [-0.2, -0.15) is 0 Å². The van der Waals surface area contributed by atoms with Gasteiger partial charge in [-0.3, -0.25) is 4.79 Å². The summed E-state index contributed by atoms with van der Waals surface area (Å²) in [6.45, 7) is 1.05. The largest absolute Gasteiger partial charge is 0.367 e. The molecule has 1 aromatic heterocycles. The molecule has 4 heteroatoms. The van der Waals surface area contributed by atoms with Crippen LogP contribution in [0.15, 0.2) is 18.5 Å². The van der Waals surface area contributed by atoms with Crippen molar-refractivity contribution in [1.82, 2.24) is 10.3 Å². The second kappa shape index (κ2) is 6.05. The standard InChI is InChI=1S/C14H23N3O/c15-11-14(6-3-1-2-4-7-14)13(18)17-10-12-5-8-16-9-12/h5,8-9,16H,1-4,6-7,10-11,15H2,(H,17,18). The van der Waals surface area contributed by atoms with Gasteiger partial charge in [0.25, 0.3) is 0 Å². The van der Waals surface area contributed by atoms with Crippen molar-refractivity contribution >= 4 is 5.91 Å². The van der Waals surface area contributed by atoms with E-state index in [0.29, 0.717) is 13.1 Å². The van der Waals surface area contributed by atoms with E-state index in [-0.39, 0.29) is 11.3 Å². The number of hydrogen-bond donors (Lipinski definition) is 3. The number of nitrogens with one attached hydrogen (secondary N) is 2. The van der Waals surface area contributed by atoms with Crippen molar-refractivity contribution < 1.29 is 4.79 Å². The molecule has 0 atom stereocenters. The van der Waals surface area contributed by atoms with Crippen LogP contribution in [-0.4, -0.2) is 17.4 Å². The molecule has 0 bridgehead atoms. The van der Waals surface area contributed by atoms with E-state index in [4.69, 9.17) is 5.73 Å². The number of amides is 1. The van der Waals surface area contributed by atoms with Crippen LogP contribution < -0.4 is 11.1 Å². The Morgan fingerprint density at radius 1 is 1.33 bits per heavy atom. The number of H-pyrrole nitrogens is 1. The zero-order valence-electron chi connectivity index (χ0n) is 10.9. The molecule has 1 amide bonds. The van der Waals surface area contributed by atoms with Gasteiger partial charge in [-0.15, -0.1) is 0 Å². The topological polar surface area (TPSA) is 70.9 Å². The van der Waals surface area contributed by atoms with Crippen molar-refractivity contribution in [3.05, 3.63) is 24.0 Å². The molecule has 18 heavy (non-hydrogen) atoms. The Bertz CT molecular complexity index is 364. The van der Waals surface area contributed by atoms with E-state index in [1.54, 1.807) is 0 Å². The lowest BCUT2D eigenvalue weighted by Gasteiger charge is -2.29. The quantitative estimate of drug-likeness (QED) is 0.714. The zero-order valence-corrected chi connectivity index (χ0v) is 10.9. The molecule has 2 rings (SSSR count). The van der Waals surface area contributed by atoms with Gasteiger partial charge in [0.05, 0.1) is 5.41 Å². The van der Waals surface area contributed by atoms with Crippen LogP contribution in [-0.2, 0) is 11.3 Å². The molecule has 0 radical (unpaired) electrons. The minimum absolute atomic E-state index is 0.133. The van der Waals surface area contributed by atoms with E-state index in [9.17, 15) is 4.79 Å². The molecular weight excluding hydrogens is 226 g/mol. The number of nitrogens with two attached hydrogens (primary N) is 1. The van der Waals surface area contributed by atoms with Gasteiger partial charge in [-0.1, -0.05) is 25.7 Å². The van der Waals surface area contributed by atoms with Crippen LogP contribution >= 0.6 is 0 Å². The second-order valence-corrected chi connectivity index (χ2v) is 5.30.